The first kappa shape index (κ1) is 21.6. The van der Waals surface area contributed by atoms with Gasteiger partial charge in [-0.15, -0.1) is 11.3 Å². The fourth-order valence-electron chi connectivity index (χ4n) is 2.57. The van der Waals surface area contributed by atoms with Gasteiger partial charge >= 0.3 is 0 Å². The summed E-state index contributed by atoms with van der Waals surface area (Å²) in [7, 11) is -3.85. The summed E-state index contributed by atoms with van der Waals surface area (Å²) in [4.78, 5) is 20.0. The van der Waals surface area contributed by atoms with Crippen molar-refractivity contribution in [1.29, 1.82) is 0 Å². The maximum Gasteiger partial charge on any atom is 0.234 e. The molecule has 2 heterocycles. The minimum absolute atomic E-state index is 0.0546. The molecule has 3 aromatic rings. The number of hydrogen-bond donors (Lipinski definition) is 2. The minimum atomic E-state index is -3.85. The maximum atomic E-state index is 12.6. The van der Waals surface area contributed by atoms with Crippen molar-refractivity contribution in [1.82, 2.24) is 9.97 Å². The highest BCUT2D eigenvalue weighted by Gasteiger charge is 2.24. The number of aryl methyl sites for hydroxylation is 2. The molecule has 0 unspecified atom stereocenters. The van der Waals surface area contributed by atoms with E-state index in [4.69, 9.17) is 17.3 Å². The lowest BCUT2D eigenvalue weighted by Gasteiger charge is -2.08. The molecule has 0 spiro atoms. The average Bonchev–Trinajstić information content (AvgIpc) is 3.06. The number of aromatic nitrogens is 2. The number of thiophene rings is 1. The number of halogens is 1. The SMILES string of the molecule is Cc1cc(C)cc(NC(=O)CSc2ncc(S(=O)(=O)c3ccc(Cl)s3)c(N)n2)c1. The summed E-state index contributed by atoms with van der Waals surface area (Å²) in [5.41, 5.74) is 8.65. The second-order valence-corrected chi connectivity index (χ2v) is 11.0. The van der Waals surface area contributed by atoms with Crippen molar-refractivity contribution in [3.05, 3.63) is 52.0 Å². The zero-order valence-corrected chi connectivity index (χ0v) is 18.7. The van der Waals surface area contributed by atoms with Gasteiger partial charge in [0, 0.05) is 5.69 Å². The number of anilines is 2. The van der Waals surface area contributed by atoms with Crippen LogP contribution < -0.4 is 11.1 Å². The third-order valence-corrected chi connectivity index (χ3v) is 8.06. The van der Waals surface area contributed by atoms with Gasteiger partial charge in [-0.3, -0.25) is 4.79 Å². The normalized spacial score (nSPS) is 11.4. The molecule has 0 saturated carbocycles. The summed E-state index contributed by atoms with van der Waals surface area (Å²) in [6.45, 7) is 3.90. The van der Waals surface area contributed by atoms with Crippen molar-refractivity contribution in [3.8, 4) is 0 Å². The van der Waals surface area contributed by atoms with Crippen molar-refractivity contribution in [2.75, 3.05) is 16.8 Å². The molecule has 0 fully saturated rings. The van der Waals surface area contributed by atoms with Gasteiger partial charge < -0.3 is 11.1 Å². The second kappa shape index (κ2) is 8.70. The Morgan fingerprint density at radius 3 is 2.52 bits per heavy atom. The van der Waals surface area contributed by atoms with Gasteiger partial charge in [0.2, 0.25) is 15.7 Å². The van der Waals surface area contributed by atoms with Crippen LogP contribution in [0.1, 0.15) is 11.1 Å². The van der Waals surface area contributed by atoms with Crippen LogP contribution in [0.25, 0.3) is 0 Å². The number of nitrogens with zero attached hydrogens (tertiary/aromatic N) is 2. The number of rotatable bonds is 6. The number of amides is 1. The Bertz CT molecular complexity index is 1160. The van der Waals surface area contributed by atoms with E-state index in [2.05, 4.69) is 15.3 Å². The number of carbonyl (C=O) groups excluding carboxylic acids is 1. The van der Waals surface area contributed by atoms with Crippen LogP contribution in [0.4, 0.5) is 11.5 Å². The molecule has 1 amide bonds. The van der Waals surface area contributed by atoms with Crippen LogP contribution in [0.2, 0.25) is 4.34 Å². The van der Waals surface area contributed by atoms with E-state index in [0.29, 0.717) is 10.0 Å². The zero-order chi connectivity index (χ0) is 21.2. The van der Waals surface area contributed by atoms with Crippen LogP contribution in [-0.4, -0.2) is 30.0 Å². The van der Waals surface area contributed by atoms with Crippen LogP contribution in [0.3, 0.4) is 0 Å². The fraction of sp³-hybridized carbons (Fsp3) is 0.167. The van der Waals surface area contributed by atoms with Gasteiger partial charge in [-0.05, 0) is 49.2 Å². The summed E-state index contributed by atoms with van der Waals surface area (Å²) in [6.07, 6.45) is 1.15. The van der Waals surface area contributed by atoms with Gasteiger partial charge in [0.1, 0.15) is 14.9 Å². The van der Waals surface area contributed by atoms with Gasteiger partial charge in [0.25, 0.3) is 0 Å². The first-order valence-electron chi connectivity index (χ1n) is 8.29. The van der Waals surface area contributed by atoms with Gasteiger partial charge in [-0.25, -0.2) is 18.4 Å². The highest BCUT2D eigenvalue weighted by molar-refractivity contribution is 7.99. The van der Waals surface area contributed by atoms with E-state index < -0.39 is 9.84 Å². The van der Waals surface area contributed by atoms with Crippen LogP contribution in [-0.2, 0) is 14.6 Å². The van der Waals surface area contributed by atoms with E-state index in [1.54, 1.807) is 0 Å². The molecule has 0 aliphatic carbocycles. The topological polar surface area (TPSA) is 115 Å². The van der Waals surface area contributed by atoms with Crippen LogP contribution >= 0.6 is 34.7 Å². The standard InChI is InChI=1S/C18H17ClN4O3S3/c1-10-5-11(2)7-12(6-10)22-15(24)9-27-18-21-8-13(17(20)23-18)29(25,26)16-4-3-14(19)28-16/h3-8H,9H2,1-2H3,(H,22,24)(H2,20,21,23). The fourth-order valence-corrected chi connectivity index (χ4v) is 6.06. The van der Waals surface area contributed by atoms with Gasteiger partial charge in [0.05, 0.1) is 16.3 Å². The third kappa shape index (κ3) is 5.27. The Labute approximate surface area is 181 Å². The van der Waals surface area contributed by atoms with Gasteiger partial charge in [-0.2, -0.15) is 0 Å². The number of hydrogen-bond acceptors (Lipinski definition) is 8. The molecule has 0 aliphatic heterocycles. The molecule has 11 heteroatoms. The smallest absolute Gasteiger partial charge is 0.234 e. The number of nitrogens with one attached hydrogen (secondary N) is 1. The molecule has 0 radical (unpaired) electrons. The third-order valence-electron chi connectivity index (χ3n) is 3.70. The van der Waals surface area contributed by atoms with E-state index in [1.165, 1.54) is 12.1 Å². The maximum absolute atomic E-state index is 12.6. The average molecular weight is 469 g/mol. The molecule has 0 atom stereocenters. The first-order valence-corrected chi connectivity index (χ1v) is 12.0. The Morgan fingerprint density at radius 1 is 1.24 bits per heavy atom. The number of nitrogen functional groups attached to an aromatic ring is 1. The number of thioether (sulfide) groups is 1. The van der Waals surface area contributed by atoms with Gasteiger partial charge in [0.15, 0.2) is 5.16 Å². The molecule has 1 aromatic carbocycles. The highest BCUT2D eigenvalue weighted by atomic mass is 35.5. The Morgan fingerprint density at radius 2 is 1.93 bits per heavy atom. The Kier molecular flexibility index (Phi) is 6.47. The summed E-state index contributed by atoms with van der Waals surface area (Å²) in [5.74, 6) is -0.354. The molecule has 0 aliphatic rings. The van der Waals surface area contributed by atoms with E-state index in [0.717, 1.165) is 40.4 Å². The lowest BCUT2D eigenvalue weighted by atomic mass is 10.1. The van der Waals surface area contributed by atoms with E-state index in [-0.39, 0.29) is 31.7 Å². The van der Waals surface area contributed by atoms with Crippen molar-refractivity contribution >= 4 is 61.9 Å². The van der Waals surface area contributed by atoms with Crippen LogP contribution in [0, 0.1) is 13.8 Å². The molecule has 3 N–H and O–H groups in total. The summed E-state index contributed by atoms with van der Waals surface area (Å²) in [5, 5.41) is 3.02. The summed E-state index contributed by atoms with van der Waals surface area (Å²) >= 11 is 7.81. The molecule has 2 aromatic heterocycles. The second-order valence-electron chi connectivity index (χ2n) is 6.18. The monoisotopic (exact) mass is 468 g/mol. The molecule has 152 valence electrons. The molecular formula is C18H17ClN4O3S3. The lowest BCUT2D eigenvalue weighted by Crippen LogP contribution is -2.15. The van der Waals surface area contributed by atoms with E-state index in [9.17, 15) is 13.2 Å². The molecule has 3 rings (SSSR count). The van der Waals surface area contributed by atoms with Crippen LogP contribution in [0.15, 0.2) is 50.8 Å². The largest absolute Gasteiger partial charge is 0.382 e. The molecule has 0 saturated heterocycles. The minimum Gasteiger partial charge on any atom is -0.382 e. The van der Waals surface area contributed by atoms with Crippen LogP contribution in [0.5, 0.6) is 0 Å². The van der Waals surface area contributed by atoms with Gasteiger partial charge in [-0.1, -0.05) is 29.4 Å². The molecule has 29 heavy (non-hydrogen) atoms. The highest BCUT2D eigenvalue weighted by Crippen LogP contribution is 2.32. The zero-order valence-electron chi connectivity index (χ0n) is 15.5. The number of nitrogens with two attached hydrogens (primary N) is 1. The predicted molar refractivity (Wildman–Crippen MR) is 116 cm³/mol. The number of sulfone groups is 1. The Hall–Kier alpha value is -2.14. The predicted octanol–water partition coefficient (Wildman–Crippen LogP) is 3.95. The number of carbonyl (C=O) groups is 1. The lowest BCUT2D eigenvalue weighted by molar-refractivity contribution is -0.113. The summed E-state index contributed by atoms with van der Waals surface area (Å²) < 4.78 is 25.7. The van der Waals surface area contributed by atoms with Crippen molar-refractivity contribution < 1.29 is 13.2 Å². The number of benzene rings is 1. The first-order chi connectivity index (χ1) is 13.6. The van der Waals surface area contributed by atoms with E-state index in [1.807, 2.05) is 32.0 Å². The quantitative estimate of drug-likeness (QED) is 0.415. The molecule has 7 nitrogen and oxygen atoms in total. The Balaban J connectivity index is 1.68. The van der Waals surface area contributed by atoms with E-state index >= 15 is 0 Å². The summed E-state index contributed by atoms with van der Waals surface area (Å²) in [6, 6.07) is 8.67. The molecule has 0 bridgehead atoms. The molecular weight excluding hydrogens is 452 g/mol. The van der Waals surface area contributed by atoms with Crippen molar-refractivity contribution in [3.63, 3.8) is 0 Å². The van der Waals surface area contributed by atoms with Crippen molar-refractivity contribution in [2.45, 2.75) is 28.1 Å². The van der Waals surface area contributed by atoms with Crippen molar-refractivity contribution in [2.24, 2.45) is 0 Å².